The van der Waals surface area contributed by atoms with Crippen molar-refractivity contribution < 1.29 is 9.90 Å². The second-order valence-corrected chi connectivity index (χ2v) is 10.9. The number of nitrogens with zero attached hydrogens (tertiary/aromatic N) is 1. The summed E-state index contributed by atoms with van der Waals surface area (Å²) in [5.74, 6) is 0.321. The predicted octanol–water partition coefficient (Wildman–Crippen LogP) is 5.99. The van der Waals surface area contributed by atoms with Gasteiger partial charge in [-0.05, 0) is 47.9 Å². The first-order valence-corrected chi connectivity index (χ1v) is 10.6. The molecule has 1 amide bonds. The Balaban J connectivity index is 2.58. The van der Waals surface area contributed by atoms with Gasteiger partial charge in [-0.1, -0.05) is 72.4 Å². The molecule has 3 nitrogen and oxygen atoms in total. The van der Waals surface area contributed by atoms with Gasteiger partial charge in [-0.2, -0.15) is 0 Å². The molecular formula is C22H31NO2S2. The van der Waals surface area contributed by atoms with Crippen molar-refractivity contribution in [2.45, 2.75) is 78.7 Å². The number of carbonyl (C=O) groups excluding carboxylic acids is 1. The molecule has 2 rings (SSSR count). The molecule has 0 aliphatic carbocycles. The second-order valence-electron chi connectivity index (χ2n) is 9.27. The van der Waals surface area contributed by atoms with Crippen molar-refractivity contribution in [3.8, 4) is 5.75 Å². The number of amides is 1. The van der Waals surface area contributed by atoms with E-state index in [0.717, 1.165) is 23.1 Å². The molecule has 0 unspecified atom stereocenters. The van der Waals surface area contributed by atoms with Gasteiger partial charge < -0.3 is 5.11 Å². The molecule has 0 spiro atoms. The highest BCUT2D eigenvalue weighted by Gasteiger charge is 2.35. The highest BCUT2D eigenvalue weighted by molar-refractivity contribution is 8.26. The zero-order chi connectivity index (χ0) is 20.7. The van der Waals surface area contributed by atoms with Crippen LogP contribution in [0.1, 0.15) is 78.5 Å². The molecule has 1 aromatic carbocycles. The van der Waals surface area contributed by atoms with Gasteiger partial charge in [-0.15, -0.1) is 0 Å². The molecule has 1 aliphatic heterocycles. The van der Waals surface area contributed by atoms with E-state index in [2.05, 4.69) is 48.5 Å². The SMILES string of the molecule is CC[C@H](C)N1C(=O)/C(=C/c2cc(C(C)(C)C)c(O)c(C(C)(C)C)c2)SC1=S. The van der Waals surface area contributed by atoms with E-state index in [1.54, 1.807) is 4.90 Å². The number of hydrogen-bond acceptors (Lipinski definition) is 4. The number of benzene rings is 1. The van der Waals surface area contributed by atoms with Gasteiger partial charge in [-0.25, -0.2) is 0 Å². The summed E-state index contributed by atoms with van der Waals surface area (Å²) in [4.78, 5) is 15.2. The number of phenolic OH excluding ortho intramolecular Hbond substituents is 1. The predicted molar refractivity (Wildman–Crippen MR) is 120 cm³/mol. The van der Waals surface area contributed by atoms with Crippen LogP contribution in [0.15, 0.2) is 17.0 Å². The van der Waals surface area contributed by atoms with Crippen LogP contribution in [0.4, 0.5) is 0 Å². The summed E-state index contributed by atoms with van der Waals surface area (Å²) in [6, 6.07) is 4.07. The van der Waals surface area contributed by atoms with Gasteiger partial charge in [-0.3, -0.25) is 9.69 Å². The Hall–Kier alpha value is -1.33. The number of phenols is 1. The van der Waals surface area contributed by atoms with E-state index in [-0.39, 0.29) is 22.8 Å². The molecule has 27 heavy (non-hydrogen) atoms. The zero-order valence-corrected chi connectivity index (χ0v) is 19.3. The quantitative estimate of drug-likeness (QED) is 0.495. The summed E-state index contributed by atoms with van der Waals surface area (Å²) < 4.78 is 0.617. The van der Waals surface area contributed by atoms with Gasteiger partial charge in [0.15, 0.2) is 0 Å². The Labute approximate surface area is 173 Å². The Morgan fingerprint density at radius 3 is 2.04 bits per heavy atom. The van der Waals surface area contributed by atoms with E-state index in [1.165, 1.54) is 11.8 Å². The number of hydrogen-bond donors (Lipinski definition) is 1. The number of rotatable bonds is 3. The maximum atomic E-state index is 12.9. The van der Waals surface area contributed by atoms with Crippen molar-refractivity contribution in [3.63, 3.8) is 0 Å². The minimum absolute atomic E-state index is 0.0259. The molecule has 1 saturated heterocycles. The van der Waals surface area contributed by atoms with Gasteiger partial charge in [0, 0.05) is 17.2 Å². The monoisotopic (exact) mass is 405 g/mol. The van der Waals surface area contributed by atoms with Crippen LogP contribution in [0.2, 0.25) is 0 Å². The van der Waals surface area contributed by atoms with Crippen molar-refractivity contribution in [1.29, 1.82) is 0 Å². The Morgan fingerprint density at radius 1 is 1.15 bits per heavy atom. The Kier molecular flexibility index (Phi) is 6.18. The molecule has 1 atom stereocenters. The topological polar surface area (TPSA) is 40.5 Å². The van der Waals surface area contributed by atoms with Crippen LogP contribution in [0.25, 0.3) is 6.08 Å². The molecule has 1 aliphatic rings. The molecular weight excluding hydrogens is 374 g/mol. The zero-order valence-electron chi connectivity index (χ0n) is 17.6. The van der Waals surface area contributed by atoms with E-state index in [1.807, 2.05) is 25.1 Å². The molecule has 148 valence electrons. The largest absolute Gasteiger partial charge is 0.507 e. The third-order valence-corrected chi connectivity index (χ3v) is 6.23. The molecule has 0 saturated carbocycles. The van der Waals surface area contributed by atoms with Gasteiger partial charge in [0.05, 0.1) is 4.91 Å². The molecule has 0 bridgehead atoms. The Morgan fingerprint density at radius 2 is 1.63 bits per heavy atom. The van der Waals surface area contributed by atoms with Crippen molar-refractivity contribution in [2.24, 2.45) is 0 Å². The summed E-state index contributed by atoms with van der Waals surface area (Å²) >= 11 is 6.79. The summed E-state index contributed by atoms with van der Waals surface area (Å²) in [5.41, 5.74) is 2.29. The fraction of sp³-hybridized carbons (Fsp3) is 0.545. The highest BCUT2D eigenvalue weighted by atomic mass is 32.2. The van der Waals surface area contributed by atoms with Gasteiger partial charge in [0.25, 0.3) is 5.91 Å². The third-order valence-electron chi connectivity index (χ3n) is 4.90. The second kappa shape index (κ2) is 7.59. The van der Waals surface area contributed by atoms with Crippen LogP contribution in [0.5, 0.6) is 5.75 Å². The number of thiocarbonyl (C=S) groups is 1. The molecule has 1 aromatic rings. The van der Waals surface area contributed by atoms with Gasteiger partial charge >= 0.3 is 0 Å². The normalized spacial score (nSPS) is 18.5. The van der Waals surface area contributed by atoms with Crippen molar-refractivity contribution >= 4 is 40.3 Å². The number of aromatic hydroxyl groups is 1. The fourth-order valence-corrected chi connectivity index (χ4v) is 4.54. The minimum atomic E-state index is -0.205. The first-order valence-electron chi connectivity index (χ1n) is 9.42. The lowest BCUT2D eigenvalue weighted by Gasteiger charge is -2.28. The van der Waals surface area contributed by atoms with E-state index in [0.29, 0.717) is 15.0 Å². The van der Waals surface area contributed by atoms with Crippen LogP contribution in [-0.4, -0.2) is 26.3 Å². The van der Waals surface area contributed by atoms with Crippen LogP contribution in [0, 0.1) is 0 Å². The summed E-state index contributed by atoms with van der Waals surface area (Å²) in [6.45, 7) is 16.6. The highest BCUT2D eigenvalue weighted by Crippen LogP contribution is 2.41. The van der Waals surface area contributed by atoms with Crippen molar-refractivity contribution in [3.05, 3.63) is 33.7 Å². The van der Waals surface area contributed by atoms with Gasteiger partial charge in [0.2, 0.25) is 0 Å². The van der Waals surface area contributed by atoms with E-state index in [9.17, 15) is 9.90 Å². The van der Waals surface area contributed by atoms with Crippen LogP contribution < -0.4 is 0 Å². The van der Waals surface area contributed by atoms with Crippen molar-refractivity contribution in [1.82, 2.24) is 4.90 Å². The summed E-state index contributed by atoms with van der Waals surface area (Å²) in [7, 11) is 0. The number of carbonyl (C=O) groups is 1. The van der Waals surface area contributed by atoms with Gasteiger partial charge in [0.1, 0.15) is 10.1 Å². The maximum Gasteiger partial charge on any atom is 0.266 e. The average molecular weight is 406 g/mol. The first-order chi connectivity index (χ1) is 12.3. The van der Waals surface area contributed by atoms with Crippen LogP contribution >= 0.6 is 24.0 Å². The molecule has 1 heterocycles. The van der Waals surface area contributed by atoms with Crippen molar-refractivity contribution in [2.75, 3.05) is 0 Å². The molecule has 0 radical (unpaired) electrons. The van der Waals surface area contributed by atoms with E-state index >= 15 is 0 Å². The van der Waals surface area contributed by atoms with Crippen LogP contribution in [0.3, 0.4) is 0 Å². The first kappa shape index (κ1) is 22.0. The lowest BCUT2D eigenvalue weighted by molar-refractivity contribution is -0.123. The average Bonchev–Trinajstić information content (AvgIpc) is 2.80. The molecule has 0 aromatic heterocycles. The Bertz CT molecular complexity index is 763. The smallest absolute Gasteiger partial charge is 0.266 e. The minimum Gasteiger partial charge on any atom is -0.507 e. The maximum absolute atomic E-state index is 12.9. The lowest BCUT2D eigenvalue weighted by Crippen LogP contribution is -2.36. The fourth-order valence-electron chi connectivity index (χ4n) is 3.08. The van der Waals surface area contributed by atoms with E-state index < -0.39 is 0 Å². The van der Waals surface area contributed by atoms with Crippen LogP contribution in [-0.2, 0) is 15.6 Å². The summed E-state index contributed by atoms with van der Waals surface area (Å²) in [5, 5.41) is 10.9. The lowest BCUT2D eigenvalue weighted by atomic mass is 9.78. The third kappa shape index (κ3) is 4.57. The molecule has 1 fully saturated rings. The standard InChI is InChI=1S/C22H31NO2S2/c1-9-13(2)23-19(25)17(27-20(23)26)12-14-10-15(21(3,4)5)18(24)16(11-14)22(6,7)8/h10-13,24H,9H2,1-8H3/b17-12-/t13-/m0/s1. The summed E-state index contributed by atoms with van der Waals surface area (Å²) in [6.07, 6.45) is 2.77. The molecule has 1 N–H and O–H groups in total. The number of thioether (sulfide) groups is 1. The molecule has 5 heteroatoms. The van der Waals surface area contributed by atoms with E-state index in [4.69, 9.17) is 12.2 Å².